The van der Waals surface area contributed by atoms with Crippen molar-refractivity contribution in [2.24, 2.45) is 0 Å². The Hall–Kier alpha value is -3.10. The molecule has 1 saturated heterocycles. The van der Waals surface area contributed by atoms with Crippen LogP contribution in [0.4, 0.5) is 16.4 Å². The summed E-state index contributed by atoms with van der Waals surface area (Å²) in [7, 11) is 0. The average molecular weight is 368 g/mol. The topological polar surface area (TPSA) is 92.4 Å². The molecule has 142 valence electrons. The molecular formula is C18H24N8O. The first-order valence-corrected chi connectivity index (χ1v) is 9.07. The molecule has 1 atom stereocenters. The van der Waals surface area contributed by atoms with E-state index in [0.29, 0.717) is 18.9 Å². The number of likely N-dealkylation sites (tertiary alicyclic amines) is 1. The SMILES string of the molecule is CC(C)(C)n1nccc1NC(=O)N1CCC(Nc2ccc3nccn3n2)C1. The third-order valence-corrected chi connectivity index (χ3v) is 4.60. The Labute approximate surface area is 157 Å². The lowest BCUT2D eigenvalue weighted by Crippen LogP contribution is -2.36. The van der Waals surface area contributed by atoms with Gasteiger partial charge in [0, 0.05) is 37.6 Å². The van der Waals surface area contributed by atoms with E-state index in [0.717, 1.165) is 17.9 Å². The smallest absolute Gasteiger partial charge is 0.323 e. The van der Waals surface area contributed by atoms with E-state index in [1.165, 1.54) is 0 Å². The molecule has 9 heteroatoms. The first-order chi connectivity index (χ1) is 12.9. The number of hydrogen-bond donors (Lipinski definition) is 2. The first kappa shape index (κ1) is 17.3. The molecule has 0 spiro atoms. The van der Waals surface area contributed by atoms with Crippen molar-refractivity contribution in [3.8, 4) is 0 Å². The summed E-state index contributed by atoms with van der Waals surface area (Å²) in [6.07, 6.45) is 6.10. The summed E-state index contributed by atoms with van der Waals surface area (Å²) in [6.45, 7) is 7.47. The van der Waals surface area contributed by atoms with Crippen LogP contribution in [-0.2, 0) is 5.54 Å². The van der Waals surface area contributed by atoms with Gasteiger partial charge in [0.1, 0.15) is 11.6 Å². The Morgan fingerprint density at radius 1 is 1.22 bits per heavy atom. The number of anilines is 2. The van der Waals surface area contributed by atoms with Crippen LogP contribution in [-0.4, -0.2) is 54.4 Å². The van der Waals surface area contributed by atoms with Gasteiger partial charge in [-0.15, -0.1) is 5.10 Å². The summed E-state index contributed by atoms with van der Waals surface area (Å²) in [5.41, 5.74) is 0.613. The van der Waals surface area contributed by atoms with Crippen molar-refractivity contribution in [3.05, 3.63) is 36.8 Å². The van der Waals surface area contributed by atoms with Gasteiger partial charge in [0.05, 0.1) is 11.7 Å². The van der Waals surface area contributed by atoms with Gasteiger partial charge in [-0.05, 0) is 39.3 Å². The van der Waals surface area contributed by atoms with Gasteiger partial charge < -0.3 is 10.2 Å². The second kappa shape index (κ2) is 6.57. The van der Waals surface area contributed by atoms with Crippen LogP contribution in [0.25, 0.3) is 5.65 Å². The summed E-state index contributed by atoms with van der Waals surface area (Å²) >= 11 is 0. The van der Waals surface area contributed by atoms with Crippen LogP contribution < -0.4 is 10.6 Å². The minimum atomic E-state index is -0.196. The molecule has 4 heterocycles. The van der Waals surface area contributed by atoms with Crippen molar-refractivity contribution >= 4 is 23.3 Å². The zero-order valence-corrected chi connectivity index (χ0v) is 15.8. The molecule has 1 aliphatic rings. The lowest BCUT2D eigenvalue weighted by Gasteiger charge is -2.24. The van der Waals surface area contributed by atoms with Gasteiger partial charge in [0.2, 0.25) is 0 Å². The number of hydrogen-bond acceptors (Lipinski definition) is 5. The Morgan fingerprint density at radius 2 is 2.07 bits per heavy atom. The number of carbonyl (C=O) groups is 1. The van der Waals surface area contributed by atoms with Crippen molar-refractivity contribution in [1.29, 1.82) is 0 Å². The van der Waals surface area contributed by atoms with Crippen LogP contribution in [0.5, 0.6) is 0 Å². The zero-order valence-electron chi connectivity index (χ0n) is 15.8. The van der Waals surface area contributed by atoms with Crippen molar-refractivity contribution in [2.45, 2.75) is 38.8 Å². The molecule has 2 N–H and O–H groups in total. The third kappa shape index (κ3) is 3.57. The maximum Gasteiger partial charge on any atom is 0.323 e. The highest BCUT2D eigenvalue weighted by Gasteiger charge is 2.28. The van der Waals surface area contributed by atoms with Gasteiger partial charge in [-0.1, -0.05) is 0 Å². The van der Waals surface area contributed by atoms with Crippen molar-refractivity contribution in [2.75, 3.05) is 23.7 Å². The number of amides is 2. The average Bonchev–Trinajstić information content (AvgIpc) is 3.33. The molecule has 3 aromatic rings. The van der Waals surface area contributed by atoms with Crippen LogP contribution in [0, 0.1) is 0 Å². The highest BCUT2D eigenvalue weighted by atomic mass is 16.2. The quantitative estimate of drug-likeness (QED) is 0.741. The number of carbonyl (C=O) groups excluding carboxylic acids is 1. The molecule has 3 aromatic heterocycles. The third-order valence-electron chi connectivity index (χ3n) is 4.60. The van der Waals surface area contributed by atoms with E-state index in [1.54, 1.807) is 16.9 Å². The number of aromatic nitrogens is 5. The summed E-state index contributed by atoms with van der Waals surface area (Å²) < 4.78 is 3.55. The van der Waals surface area contributed by atoms with E-state index in [-0.39, 0.29) is 17.6 Å². The minimum Gasteiger partial charge on any atom is -0.364 e. The summed E-state index contributed by atoms with van der Waals surface area (Å²) in [4.78, 5) is 18.7. The lowest BCUT2D eigenvalue weighted by molar-refractivity contribution is 0.221. The molecule has 0 aliphatic carbocycles. The van der Waals surface area contributed by atoms with Crippen molar-refractivity contribution in [3.63, 3.8) is 0 Å². The second-order valence-corrected chi connectivity index (χ2v) is 7.75. The molecule has 27 heavy (non-hydrogen) atoms. The monoisotopic (exact) mass is 368 g/mol. The van der Waals surface area contributed by atoms with Crippen LogP contribution in [0.2, 0.25) is 0 Å². The molecule has 0 saturated carbocycles. The van der Waals surface area contributed by atoms with Crippen LogP contribution in [0.1, 0.15) is 27.2 Å². The van der Waals surface area contributed by atoms with Gasteiger partial charge in [-0.25, -0.2) is 19.0 Å². The van der Waals surface area contributed by atoms with Gasteiger partial charge in [0.15, 0.2) is 5.65 Å². The van der Waals surface area contributed by atoms with E-state index in [4.69, 9.17) is 0 Å². The van der Waals surface area contributed by atoms with Gasteiger partial charge in [-0.2, -0.15) is 5.10 Å². The van der Waals surface area contributed by atoms with E-state index < -0.39 is 0 Å². The molecule has 1 fully saturated rings. The van der Waals surface area contributed by atoms with E-state index in [9.17, 15) is 4.79 Å². The molecule has 2 amide bonds. The summed E-state index contributed by atoms with van der Waals surface area (Å²) in [5.74, 6) is 1.48. The van der Waals surface area contributed by atoms with E-state index in [2.05, 4.69) is 46.6 Å². The Kier molecular flexibility index (Phi) is 4.21. The summed E-state index contributed by atoms with van der Waals surface area (Å²) in [6, 6.07) is 5.70. The number of imidazole rings is 1. The number of fused-ring (bicyclic) bond motifs is 1. The molecule has 9 nitrogen and oxygen atoms in total. The highest BCUT2D eigenvalue weighted by Crippen LogP contribution is 2.21. The van der Waals surface area contributed by atoms with Crippen molar-refractivity contribution < 1.29 is 4.79 Å². The Morgan fingerprint density at radius 3 is 2.89 bits per heavy atom. The van der Waals surface area contributed by atoms with Crippen LogP contribution in [0.3, 0.4) is 0 Å². The molecular weight excluding hydrogens is 344 g/mol. The minimum absolute atomic E-state index is 0.108. The van der Waals surface area contributed by atoms with Gasteiger partial charge in [-0.3, -0.25) is 5.32 Å². The maximum atomic E-state index is 12.6. The highest BCUT2D eigenvalue weighted by molar-refractivity contribution is 5.88. The molecule has 4 rings (SSSR count). The molecule has 0 bridgehead atoms. The maximum absolute atomic E-state index is 12.6. The molecule has 0 aromatic carbocycles. The van der Waals surface area contributed by atoms with Crippen LogP contribution >= 0.6 is 0 Å². The predicted molar refractivity (Wildman–Crippen MR) is 103 cm³/mol. The Balaban J connectivity index is 1.37. The number of rotatable bonds is 3. The van der Waals surface area contributed by atoms with Gasteiger partial charge >= 0.3 is 6.03 Å². The van der Waals surface area contributed by atoms with E-state index >= 15 is 0 Å². The first-order valence-electron chi connectivity index (χ1n) is 9.07. The van der Waals surface area contributed by atoms with E-state index in [1.807, 2.05) is 34.0 Å². The van der Waals surface area contributed by atoms with Crippen LogP contribution in [0.15, 0.2) is 36.8 Å². The number of nitrogens with one attached hydrogen (secondary N) is 2. The molecule has 1 unspecified atom stereocenters. The fourth-order valence-electron chi connectivity index (χ4n) is 3.29. The second-order valence-electron chi connectivity index (χ2n) is 7.75. The molecule has 1 aliphatic heterocycles. The normalized spacial score (nSPS) is 17.4. The standard InChI is InChI=1S/C18H24N8O/c1-18(2,3)26-16(6-8-20-26)22-17(27)24-10-7-13(12-24)21-14-4-5-15-19-9-11-25(15)23-14/h4-6,8-9,11,13H,7,10,12H2,1-3H3,(H,21,23)(H,22,27). The van der Waals surface area contributed by atoms with Gasteiger partial charge in [0.25, 0.3) is 0 Å². The fourth-order valence-corrected chi connectivity index (χ4v) is 3.29. The van der Waals surface area contributed by atoms with Crippen molar-refractivity contribution in [1.82, 2.24) is 29.3 Å². The number of nitrogens with zero attached hydrogens (tertiary/aromatic N) is 6. The summed E-state index contributed by atoms with van der Waals surface area (Å²) in [5, 5.41) is 15.2. The predicted octanol–water partition coefficient (Wildman–Crippen LogP) is 2.40. The largest absolute Gasteiger partial charge is 0.364 e. The number of urea groups is 1. The molecule has 0 radical (unpaired) electrons. The Bertz CT molecular complexity index is 954. The lowest BCUT2D eigenvalue weighted by atomic mass is 10.1. The fraction of sp³-hybridized carbons (Fsp3) is 0.444. The zero-order chi connectivity index (χ0) is 19.0.